The van der Waals surface area contributed by atoms with Crippen molar-refractivity contribution in [3.8, 4) is 0 Å². The highest BCUT2D eigenvalue weighted by atomic mass is 16.7. The van der Waals surface area contributed by atoms with Crippen molar-refractivity contribution in [1.82, 2.24) is 10.5 Å². The minimum atomic E-state index is -1.26. The number of aliphatic hydroxyl groups excluding tert-OH is 3. The SMILES string of the molecule is O=Cc1cc2ccc(NC3NOC(CO)[C@@H](O)C3O)cc2[nH]c1=O. The highest BCUT2D eigenvalue weighted by Gasteiger charge is 2.38. The number of fused-ring (bicyclic) bond motifs is 1. The summed E-state index contributed by atoms with van der Waals surface area (Å²) in [6, 6.07) is 6.50. The van der Waals surface area contributed by atoms with Gasteiger partial charge in [-0.15, -0.1) is 0 Å². The summed E-state index contributed by atoms with van der Waals surface area (Å²) in [6.07, 6.45) is -3.73. The molecule has 1 aliphatic heterocycles. The van der Waals surface area contributed by atoms with Gasteiger partial charge in [-0.25, -0.2) is 0 Å². The number of benzene rings is 1. The molecule has 0 saturated carbocycles. The Balaban J connectivity index is 1.83. The van der Waals surface area contributed by atoms with E-state index < -0.39 is 36.6 Å². The molecule has 2 heterocycles. The van der Waals surface area contributed by atoms with Crippen LogP contribution in [0.15, 0.2) is 29.1 Å². The van der Waals surface area contributed by atoms with E-state index in [1.54, 1.807) is 18.2 Å². The van der Waals surface area contributed by atoms with Gasteiger partial charge in [0.05, 0.1) is 17.7 Å². The number of aromatic amines is 1. The van der Waals surface area contributed by atoms with E-state index in [9.17, 15) is 19.8 Å². The monoisotopic (exact) mass is 335 g/mol. The molecule has 128 valence electrons. The summed E-state index contributed by atoms with van der Waals surface area (Å²) in [5.41, 5.74) is 3.14. The van der Waals surface area contributed by atoms with Crippen molar-refractivity contribution < 1.29 is 25.0 Å². The zero-order chi connectivity index (χ0) is 17.3. The van der Waals surface area contributed by atoms with Crippen molar-refractivity contribution in [2.75, 3.05) is 11.9 Å². The first kappa shape index (κ1) is 16.6. The zero-order valence-corrected chi connectivity index (χ0v) is 12.5. The average Bonchev–Trinajstić information content (AvgIpc) is 2.58. The molecule has 3 unspecified atom stereocenters. The van der Waals surface area contributed by atoms with Crippen LogP contribution in [-0.2, 0) is 4.84 Å². The number of rotatable bonds is 4. The minimum absolute atomic E-state index is 0.0409. The highest BCUT2D eigenvalue weighted by molar-refractivity contribution is 5.87. The maximum atomic E-state index is 11.7. The number of hydrogen-bond acceptors (Lipinski definition) is 8. The second-order valence-corrected chi connectivity index (χ2v) is 5.53. The van der Waals surface area contributed by atoms with Crippen molar-refractivity contribution in [2.24, 2.45) is 0 Å². The van der Waals surface area contributed by atoms with E-state index in [2.05, 4.69) is 15.8 Å². The maximum Gasteiger partial charge on any atom is 0.259 e. The summed E-state index contributed by atoms with van der Waals surface area (Å²) >= 11 is 0. The Labute approximate surface area is 135 Å². The molecule has 1 saturated heterocycles. The lowest BCUT2D eigenvalue weighted by Gasteiger charge is -2.37. The highest BCUT2D eigenvalue weighted by Crippen LogP contribution is 2.20. The van der Waals surface area contributed by atoms with E-state index >= 15 is 0 Å². The third-order valence-electron chi connectivity index (χ3n) is 3.92. The lowest BCUT2D eigenvalue weighted by molar-refractivity contribution is -0.197. The average molecular weight is 335 g/mol. The van der Waals surface area contributed by atoms with Crippen molar-refractivity contribution in [3.05, 3.63) is 40.2 Å². The van der Waals surface area contributed by atoms with Crippen LogP contribution in [0, 0.1) is 0 Å². The van der Waals surface area contributed by atoms with Gasteiger partial charge in [0.1, 0.15) is 24.5 Å². The summed E-state index contributed by atoms with van der Waals surface area (Å²) in [6.45, 7) is -0.436. The predicted molar refractivity (Wildman–Crippen MR) is 84.5 cm³/mol. The number of carbonyl (C=O) groups is 1. The first-order chi connectivity index (χ1) is 11.5. The lowest BCUT2D eigenvalue weighted by atomic mass is 10.0. The molecule has 0 spiro atoms. The van der Waals surface area contributed by atoms with E-state index in [-0.39, 0.29) is 5.56 Å². The van der Waals surface area contributed by atoms with Crippen LogP contribution in [-0.4, -0.2) is 57.7 Å². The van der Waals surface area contributed by atoms with Gasteiger partial charge < -0.3 is 25.6 Å². The van der Waals surface area contributed by atoms with E-state index in [1.165, 1.54) is 6.07 Å². The quantitative estimate of drug-likeness (QED) is 0.378. The summed E-state index contributed by atoms with van der Waals surface area (Å²) in [7, 11) is 0. The van der Waals surface area contributed by atoms with E-state index in [0.717, 1.165) is 0 Å². The van der Waals surface area contributed by atoms with E-state index in [4.69, 9.17) is 9.94 Å². The molecular formula is C15H17N3O6. The first-order valence-corrected chi connectivity index (χ1v) is 7.30. The summed E-state index contributed by atoms with van der Waals surface area (Å²) in [4.78, 5) is 30.2. The van der Waals surface area contributed by atoms with Gasteiger partial charge in [0.2, 0.25) is 0 Å². The summed E-state index contributed by atoms with van der Waals surface area (Å²) in [5, 5.41) is 32.6. The van der Waals surface area contributed by atoms with Crippen molar-refractivity contribution in [2.45, 2.75) is 24.5 Å². The molecule has 4 atom stereocenters. The Bertz CT molecular complexity index is 807. The summed E-state index contributed by atoms with van der Waals surface area (Å²) < 4.78 is 0. The number of nitrogens with one attached hydrogen (secondary N) is 3. The van der Waals surface area contributed by atoms with Crippen molar-refractivity contribution in [3.63, 3.8) is 0 Å². The largest absolute Gasteiger partial charge is 0.393 e. The third-order valence-corrected chi connectivity index (χ3v) is 3.92. The number of aromatic nitrogens is 1. The van der Waals surface area contributed by atoms with Gasteiger partial charge in [-0.3, -0.25) is 14.4 Å². The molecule has 9 heteroatoms. The number of anilines is 1. The molecule has 1 aliphatic rings. The van der Waals surface area contributed by atoms with Gasteiger partial charge >= 0.3 is 0 Å². The normalized spacial score (nSPS) is 27.1. The minimum Gasteiger partial charge on any atom is -0.393 e. The van der Waals surface area contributed by atoms with Gasteiger partial charge in [-0.1, -0.05) is 6.07 Å². The van der Waals surface area contributed by atoms with Crippen LogP contribution in [0.5, 0.6) is 0 Å². The molecule has 2 aromatic rings. The number of H-pyrrole nitrogens is 1. The van der Waals surface area contributed by atoms with Gasteiger partial charge in [0.25, 0.3) is 5.56 Å². The molecule has 1 aromatic heterocycles. The van der Waals surface area contributed by atoms with Gasteiger partial charge in [0, 0.05) is 5.69 Å². The van der Waals surface area contributed by atoms with Gasteiger partial charge in [0.15, 0.2) is 6.29 Å². The van der Waals surface area contributed by atoms with Crippen LogP contribution < -0.4 is 16.4 Å². The number of aldehydes is 1. The molecule has 0 radical (unpaired) electrons. The number of hydroxylamine groups is 1. The molecule has 24 heavy (non-hydrogen) atoms. The number of hydrogen-bond donors (Lipinski definition) is 6. The molecule has 0 amide bonds. The fourth-order valence-corrected chi connectivity index (χ4v) is 2.55. The Morgan fingerprint density at radius 3 is 2.75 bits per heavy atom. The standard InChI is InChI=1S/C15H17N3O6/c19-5-8-3-7-1-2-9(4-10(7)17-15(8)23)16-14-13(22)12(21)11(6-20)24-18-14/h1-5,11-14,16,18,20-22H,6H2,(H,17,23)/t11?,12-,13?,14?/m1/s1. The van der Waals surface area contributed by atoms with Crippen LogP contribution in [0.1, 0.15) is 10.4 Å². The summed E-state index contributed by atoms with van der Waals surface area (Å²) in [5.74, 6) is 0. The topological polar surface area (TPSA) is 144 Å². The van der Waals surface area contributed by atoms with E-state index in [1.807, 2.05) is 0 Å². The Morgan fingerprint density at radius 2 is 2.04 bits per heavy atom. The number of aliphatic hydroxyl groups is 3. The molecule has 1 fully saturated rings. The zero-order valence-electron chi connectivity index (χ0n) is 12.5. The van der Waals surface area contributed by atoms with Crippen LogP contribution >= 0.6 is 0 Å². The fourth-order valence-electron chi connectivity index (χ4n) is 2.55. The van der Waals surface area contributed by atoms with Gasteiger partial charge in [-0.2, -0.15) is 5.48 Å². The Morgan fingerprint density at radius 1 is 1.25 bits per heavy atom. The maximum absolute atomic E-state index is 11.7. The van der Waals surface area contributed by atoms with Crippen LogP contribution in [0.2, 0.25) is 0 Å². The molecule has 1 aromatic carbocycles. The van der Waals surface area contributed by atoms with Crippen LogP contribution in [0.3, 0.4) is 0 Å². The van der Waals surface area contributed by atoms with Crippen LogP contribution in [0.25, 0.3) is 10.9 Å². The molecule has 9 nitrogen and oxygen atoms in total. The number of pyridine rings is 1. The molecule has 6 N–H and O–H groups in total. The van der Waals surface area contributed by atoms with Crippen LogP contribution in [0.4, 0.5) is 5.69 Å². The predicted octanol–water partition coefficient (Wildman–Crippen LogP) is -1.30. The smallest absolute Gasteiger partial charge is 0.259 e. The third kappa shape index (κ3) is 3.03. The lowest BCUT2D eigenvalue weighted by Crippen LogP contribution is -2.62. The first-order valence-electron chi connectivity index (χ1n) is 7.30. The van der Waals surface area contributed by atoms with Crippen molar-refractivity contribution >= 4 is 22.9 Å². The van der Waals surface area contributed by atoms with E-state index in [0.29, 0.717) is 22.9 Å². The molecule has 0 bridgehead atoms. The second-order valence-electron chi connectivity index (χ2n) is 5.53. The van der Waals surface area contributed by atoms with Crippen molar-refractivity contribution in [1.29, 1.82) is 0 Å². The second kappa shape index (κ2) is 6.67. The fraction of sp³-hybridized carbons (Fsp3) is 0.333. The number of carbonyl (C=O) groups excluding carboxylic acids is 1. The molecule has 3 rings (SSSR count). The van der Waals surface area contributed by atoms with Gasteiger partial charge in [-0.05, 0) is 23.6 Å². The molecular weight excluding hydrogens is 318 g/mol. The molecule has 0 aliphatic carbocycles. The Hall–Kier alpha value is -2.30. The Kier molecular flexibility index (Phi) is 4.60.